The van der Waals surface area contributed by atoms with Gasteiger partial charge in [-0.3, -0.25) is 9.59 Å². The van der Waals surface area contributed by atoms with Crippen LogP contribution in [0.4, 0.5) is 0 Å². The van der Waals surface area contributed by atoms with Crippen molar-refractivity contribution in [3.8, 4) is 5.75 Å². The summed E-state index contributed by atoms with van der Waals surface area (Å²) in [5.74, 6) is 0.494. The molecule has 0 aliphatic carbocycles. The molecule has 1 atom stereocenters. The number of amides is 2. The van der Waals surface area contributed by atoms with Gasteiger partial charge < -0.3 is 15.0 Å². The monoisotopic (exact) mass is 324 g/mol. The van der Waals surface area contributed by atoms with Gasteiger partial charge in [-0.2, -0.15) is 0 Å². The highest BCUT2D eigenvalue weighted by Gasteiger charge is 2.33. The van der Waals surface area contributed by atoms with E-state index < -0.39 is 6.04 Å². The number of carbonyl (C=O) groups is 2. The molecule has 0 saturated heterocycles. The number of hydrogen-bond acceptors (Lipinski definition) is 3. The molecule has 2 aromatic rings. The van der Waals surface area contributed by atoms with Crippen molar-refractivity contribution in [2.24, 2.45) is 0 Å². The molecule has 0 aromatic heterocycles. The minimum absolute atomic E-state index is 0.0883. The second kappa shape index (κ2) is 6.74. The molecule has 1 aliphatic heterocycles. The maximum absolute atomic E-state index is 12.4. The van der Waals surface area contributed by atoms with E-state index in [0.717, 1.165) is 16.9 Å². The smallest absolute Gasteiger partial charge is 0.255 e. The van der Waals surface area contributed by atoms with Crippen LogP contribution in [0.15, 0.2) is 48.5 Å². The van der Waals surface area contributed by atoms with Crippen LogP contribution in [0.5, 0.6) is 5.75 Å². The Labute approximate surface area is 141 Å². The van der Waals surface area contributed by atoms with Crippen LogP contribution < -0.4 is 10.1 Å². The number of nitrogens with one attached hydrogen (secondary N) is 1. The van der Waals surface area contributed by atoms with E-state index in [1.807, 2.05) is 42.5 Å². The molecular weight excluding hydrogens is 304 g/mol. The number of hydrogen-bond donors (Lipinski definition) is 1. The van der Waals surface area contributed by atoms with Crippen molar-refractivity contribution in [2.75, 3.05) is 7.11 Å². The summed E-state index contributed by atoms with van der Waals surface area (Å²) in [6.07, 6.45) is 0. The summed E-state index contributed by atoms with van der Waals surface area (Å²) in [4.78, 5) is 26.5. The summed E-state index contributed by atoms with van der Waals surface area (Å²) >= 11 is 0. The van der Waals surface area contributed by atoms with Gasteiger partial charge in [0.2, 0.25) is 5.91 Å². The van der Waals surface area contributed by atoms with Crippen LogP contribution in [0, 0.1) is 0 Å². The Morgan fingerprint density at radius 1 is 1.25 bits per heavy atom. The molecule has 1 aliphatic rings. The quantitative estimate of drug-likeness (QED) is 0.918. The van der Waals surface area contributed by atoms with Gasteiger partial charge in [0, 0.05) is 18.7 Å². The van der Waals surface area contributed by atoms with Crippen LogP contribution in [0.2, 0.25) is 0 Å². The summed E-state index contributed by atoms with van der Waals surface area (Å²) in [5, 5.41) is 2.89. The van der Waals surface area contributed by atoms with Gasteiger partial charge in [0.25, 0.3) is 5.91 Å². The average Bonchev–Trinajstić information content (AvgIpc) is 2.96. The maximum atomic E-state index is 12.4. The Hall–Kier alpha value is -2.82. The fourth-order valence-electron chi connectivity index (χ4n) is 2.85. The van der Waals surface area contributed by atoms with Gasteiger partial charge >= 0.3 is 0 Å². The second-order valence-corrected chi connectivity index (χ2v) is 5.84. The predicted octanol–water partition coefficient (Wildman–Crippen LogP) is 2.36. The number of rotatable bonds is 5. The first-order chi connectivity index (χ1) is 11.6. The maximum Gasteiger partial charge on any atom is 0.255 e. The van der Waals surface area contributed by atoms with Crippen molar-refractivity contribution in [1.29, 1.82) is 0 Å². The minimum Gasteiger partial charge on any atom is -0.497 e. The predicted molar refractivity (Wildman–Crippen MR) is 90.6 cm³/mol. The number of fused-ring (bicyclic) bond motifs is 1. The lowest BCUT2D eigenvalue weighted by Gasteiger charge is -2.23. The molecule has 1 heterocycles. The van der Waals surface area contributed by atoms with E-state index in [-0.39, 0.29) is 11.8 Å². The van der Waals surface area contributed by atoms with E-state index in [1.54, 1.807) is 25.0 Å². The molecule has 2 aromatic carbocycles. The summed E-state index contributed by atoms with van der Waals surface area (Å²) in [7, 11) is 1.61. The second-order valence-electron chi connectivity index (χ2n) is 5.84. The third-order valence-corrected chi connectivity index (χ3v) is 4.30. The molecule has 124 valence electrons. The Morgan fingerprint density at radius 2 is 2.04 bits per heavy atom. The Balaban J connectivity index is 1.62. The van der Waals surface area contributed by atoms with Gasteiger partial charge in [-0.05, 0) is 36.2 Å². The summed E-state index contributed by atoms with van der Waals surface area (Å²) < 4.78 is 5.17. The van der Waals surface area contributed by atoms with Gasteiger partial charge in [0.1, 0.15) is 11.8 Å². The fraction of sp³-hybridized carbons (Fsp3) is 0.263. The van der Waals surface area contributed by atoms with Gasteiger partial charge in [-0.15, -0.1) is 0 Å². The zero-order chi connectivity index (χ0) is 17.1. The van der Waals surface area contributed by atoms with Crippen LogP contribution >= 0.6 is 0 Å². The lowest BCUT2D eigenvalue weighted by Crippen LogP contribution is -2.45. The van der Waals surface area contributed by atoms with Crippen molar-refractivity contribution in [3.05, 3.63) is 65.2 Å². The minimum atomic E-state index is -0.518. The van der Waals surface area contributed by atoms with Gasteiger partial charge in [-0.25, -0.2) is 0 Å². The molecule has 0 spiro atoms. The fourth-order valence-corrected chi connectivity index (χ4v) is 2.85. The molecule has 5 heteroatoms. The molecule has 2 amide bonds. The van der Waals surface area contributed by atoms with Crippen LogP contribution in [0.25, 0.3) is 0 Å². The first-order valence-corrected chi connectivity index (χ1v) is 7.89. The zero-order valence-corrected chi connectivity index (χ0v) is 13.8. The molecule has 0 bridgehead atoms. The average molecular weight is 324 g/mol. The third kappa shape index (κ3) is 3.11. The molecule has 24 heavy (non-hydrogen) atoms. The lowest BCUT2D eigenvalue weighted by atomic mass is 10.1. The Bertz CT molecular complexity index is 773. The number of nitrogens with zero attached hydrogens (tertiary/aromatic N) is 1. The normalized spacial score (nSPS) is 14.2. The first kappa shape index (κ1) is 16.1. The highest BCUT2D eigenvalue weighted by molar-refractivity contribution is 6.00. The molecule has 3 rings (SSSR count). The van der Waals surface area contributed by atoms with E-state index in [1.165, 1.54) is 0 Å². The molecule has 0 radical (unpaired) electrons. The largest absolute Gasteiger partial charge is 0.497 e. The number of carbonyl (C=O) groups excluding carboxylic acids is 2. The van der Waals surface area contributed by atoms with Crippen molar-refractivity contribution in [1.82, 2.24) is 10.2 Å². The highest BCUT2D eigenvalue weighted by Crippen LogP contribution is 2.24. The summed E-state index contributed by atoms with van der Waals surface area (Å²) in [5.41, 5.74) is 2.60. The number of methoxy groups -OCH3 is 1. The zero-order valence-electron chi connectivity index (χ0n) is 13.8. The first-order valence-electron chi connectivity index (χ1n) is 7.89. The van der Waals surface area contributed by atoms with E-state index >= 15 is 0 Å². The molecule has 1 unspecified atom stereocenters. The lowest BCUT2D eigenvalue weighted by molar-refractivity contribution is -0.125. The van der Waals surface area contributed by atoms with Gasteiger partial charge in [-0.1, -0.05) is 30.3 Å². The van der Waals surface area contributed by atoms with Crippen LogP contribution in [-0.2, 0) is 17.9 Å². The molecular formula is C19H20N2O3. The van der Waals surface area contributed by atoms with Gasteiger partial charge in [0.15, 0.2) is 0 Å². The van der Waals surface area contributed by atoms with Crippen molar-refractivity contribution in [3.63, 3.8) is 0 Å². The van der Waals surface area contributed by atoms with E-state index in [2.05, 4.69) is 5.32 Å². The van der Waals surface area contributed by atoms with Crippen LogP contribution in [0.1, 0.15) is 28.4 Å². The Morgan fingerprint density at radius 3 is 2.79 bits per heavy atom. The van der Waals surface area contributed by atoms with E-state index in [4.69, 9.17) is 4.74 Å². The van der Waals surface area contributed by atoms with Crippen LogP contribution in [-0.4, -0.2) is 29.9 Å². The van der Waals surface area contributed by atoms with Crippen molar-refractivity contribution in [2.45, 2.75) is 26.1 Å². The summed E-state index contributed by atoms with van der Waals surface area (Å²) in [6, 6.07) is 14.5. The van der Waals surface area contributed by atoms with Crippen LogP contribution in [0.3, 0.4) is 0 Å². The van der Waals surface area contributed by atoms with Crippen molar-refractivity contribution >= 4 is 11.8 Å². The number of benzene rings is 2. The molecule has 1 N–H and O–H groups in total. The topological polar surface area (TPSA) is 58.6 Å². The third-order valence-electron chi connectivity index (χ3n) is 4.30. The molecule has 5 nitrogen and oxygen atoms in total. The SMILES string of the molecule is COc1cccc(CNC(=O)C(C)N2Cc3ccccc3C2=O)c1. The number of ether oxygens (including phenoxy) is 1. The molecule has 0 fully saturated rings. The highest BCUT2D eigenvalue weighted by atomic mass is 16.5. The molecule has 0 saturated carbocycles. The standard InChI is InChI=1S/C19H20N2O3/c1-13(21-12-15-7-3-4-9-17(15)19(21)23)18(22)20-11-14-6-5-8-16(10-14)24-2/h3-10,13H,11-12H2,1-2H3,(H,20,22). The van der Waals surface area contributed by atoms with E-state index in [0.29, 0.717) is 18.7 Å². The van der Waals surface area contributed by atoms with Crippen molar-refractivity contribution < 1.29 is 14.3 Å². The Kier molecular flexibility index (Phi) is 4.51. The summed E-state index contributed by atoms with van der Waals surface area (Å²) in [6.45, 7) is 2.63. The van der Waals surface area contributed by atoms with E-state index in [9.17, 15) is 9.59 Å². The van der Waals surface area contributed by atoms with Gasteiger partial charge in [0.05, 0.1) is 7.11 Å².